The Hall–Kier alpha value is -3.24. The molecule has 0 heterocycles. The summed E-state index contributed by atoms with van der Waals surface area (Å²) in [6, 6.07) is 24.1. The zero-order valence-corrected chi connectivity index (χ0v) is 14.5. The van der Waals surface area contributed by atoms with E-state index in [4.69, 9.17) is 11.6 Å². The van der Waals surface area contributed by atoms with E-state index in [0.29, 0.717) is 21.8 Å². The summed E-state index contributed by atoms with van der Waals surface area (Å²) in [5.74, 6) is -0.637. The van der Waals surface area contributed by atoms with Gasteiger partial charge < -0.3 is 5.11 Å². The van der Waals surface area contributed by atoms with Gasteiger partial charge >= 0.3 is 0 Å². The Labute approximate surface area is 156 Å². The van der Waals surface area contributed by atoms with Crippen LogP contribution in [0.3, 0.4) is 0 Å². The van der Waals surface area contributed by atoms with Crippen molar-refractivity contribution in [1.82, 2.24) is 0 Å². The number of allylic oxidation sites excluding steroid dienone is 1. The van der Waals surface area contributed by atoms with Crippen LogP contribution in [0, 0.1) is 0 Å². The van der Waals surface area contributed by atoms with Crippen LogP contribution in [-0.2, 0) is 0 Å². The van der Waals surface area contributed by atoms with Crippen LogP contribution in [0.4, 0.5) is 5.69 Å². The van der Waals surface area contributed by atoms with Crippen LogP contribution in [0.25, 0.3) is 5.76 Å². The van der Waals surface area contributed by atoms with Gasteiger partial charge in [-0.25, -0.2) is 0 Å². The molecule has 0 radical (unpaired) electrons. The van der Waals surface area contributed by atoms with Gasteiger partial charge in [-0.2, -0.15) is 5.11 Å². The second kappa shape index (κ2) is 8.23. The number of ketones is 1. The lowest BCUT2D eigenvalue weighted by Gasteiger charge is -2.06. The van der Waals surface area contributed by atoms with Gasteiger partial charge in [0.05, 0.1) is 5.69 Å². The summed E-state index contributed by atoms with van der Waals surface area (Å²) in [6.45, 7) is 0. The van der Waals surface area contributed by atoms with Crippen molar-refractivity contribution in [3.63, 3.8) is 0 Å². The fourth-order valence-electron chi connectivity index (χ4n) is 2.27. The minimum Gasteiger partial charge on any atom is -0.505 e. The highest BCUT2D eigenvalue weighted by Gasteiger charge is 2.18. The number of rotatable bonds is 5. The van der Waals surface area contributed by atoms with E-state index < -0.39 is 5.78 Å². The van der Waals surface area contributed by atoms with Gasteiger partial charge in [-0.1, -0.05) is 72.3 Å². The lowest BCUT2D eigenvalue weighted by molar-refractivity contribution is 0.103. The Bertz CT molecular complexity index is 950. The molecule has 0 spiro atoms. The van der Waals surface area contributed by atoms with E-state index in [9.17, 15) is 9.90 Å². The quantitative estimate of drug-likeness (QED) is 0.253. The first-order valence-electron chi connectivity index (χ1n) is 7.91. The molecule has 0 bridgehead atoms. The van der Waals surface area contributed by atoms with Gasteiger partial charge in [-0.05, 0) is 24.3 Å². The molecule has 3 rings (SSSR count). The molecule has 0 unspecified atom stereocenters. The van der Waals surface area contributed by atoms with Gasteiger partial charge in [0.25, 0.3) is 0 Å². The first-order chi connectivity index (χ1) is 12.6. The molecule has 1 N–H and O–H groups in total. The lowest BCUT2D eigenvalue weighted by atomic mass is 10.1. The first kappa shape index (κ1) is 17.6. The number of Topliss-reactive ketones (excluding diaryl/α,β-unsaturated/α-hetero) is 1. The van der Waals surface area contributed by atoms with Crippen LogP contribution in [-0.4, -0.2) is 10.9 Å². The minimum absolute atomic E-state index is 0.127. The highest BCUT2D eigenvalue weighted by molar-refractivity contribution is 6.30. The molecular formula is C21H15ClN2O2. The standard InChI is InChI=1S/C21H15ClN2O2/c22-17-11-13-18(14-12-17)23-24-19(20(25)15-7-3-1-4-8-15)21(26)16-9-5-2-6-10-16/h1-14,25H. The molecule has 0 aliphatic heterocycles. The molecule has 26 heavy (non-hydrogen) atoms. The number of nitrogens with zero attached hydrogens (tertiary/aromatic N) is 2. The second-order valence-electron chi connectivity index (χ2n) is 5.43. The van der Waals surface area contributed by atoms with Crippen molar-refractivity contribution >= 4 is 28.8 Å². The van der Waals surface area contributed by atoms with Gasteiger partial charge in [0, 0.05) is 16.1 Å². The van der Waals surface area contributed by atoms with Crippen LogP contribution >= 0.6 is 11.6 Å². The largest absolute Gasteiger partial charge is 0.505 e. The summed E-state index contributed by atoms with van der Waals surface area (Å²) in [6.07, 6.45) is 0. The second-order valence-corrected chi connectivity index (χ2v) is 5.87. The van der Waals surface area contributed by atoms with Crippen molar-refractivity contribution in [3.8, 4) is 0 Å². The zero-order valence-electron chi connectivity index (χ0n) is 13.7. The Morgan fingerprint density at radius 2 is 1.31 bits per heavy atom. The summed E-state index contributed by atoms with van der Waals surface area (Å²) < 4.78 is 0. The maximum Gasteiger partial charge on any atom is 0.217 e. The molecule has 0 aliphatic rings. The van der Waals surface area contributed by atoms with E-state index >= 15 is 0 Å². The molecule has 0 aliphatic carbocycles. The van der Waals surface area contributed by atoms with Crippen LogP contribution in [0.1, 0.15) is 15.9 Å². The normalized spacial score (nSPS) is 12.0. The van der Waals surface area contributed by atoms with E-state index in [1.807, 2.05) is 12.1 Å². The Balaban J connectivity index is 2.04. The van der Waals surface area contributed by atoms with Crippen LogP contribution in [0.15, 0.2) is 101 Å². The number of aliphatic hydroxyl groups is 1. The van der Waals surface area contributed by atoms with Gasteiger partial charge in [-0.15, -0.1) is 5.11 Å². The zero-order chi connectivity index (χ0) is 18.4. The number of halogens is 1. The first-order valence-corrected chi connectivity index (χ1v) is 8.28. The van der Waals surface area contributed by atoms with Crippen LogP contribution in [0.5, 0.6) is 0 Å². The molecule has 0 saturated heterocycles. The summed E-state index contributed by atoms with van der Waals surface area (Å²) in [4.78, 5) is 12.8. The third-order valence-corrected chi connectivity index (χ3v) is 3.87. The molecule has 0 saturated carbocycles. The van der Waals surface area contributed by atoms with Gasteiger partial charge in [0.15, 0.2) is 11.5 Å². The number of hydrogen-bond acceptors (Lipinski definition) is 4. The monoisotopic (exact) mass is 362 g/mol. The molecule has 0 atom stereocenters. The van der Waals surface area contributed by atoms with E-state index in [1.54, 1.807) is 72.8 Å². The van der Waals surface area contributed by atoms with E-state index in [-0.39, 0.29) is 11.5 Å². The average molecular weight is 363 g/mol. The van der Waals surface area contributed by atoms with E-state index in [2.05, 4.69) is 10.2 Å². The summed E-state index contributed by atoms with van der Waals surface area (Å²) in [5.41, 5.74) is 1.30. The van der Waals surface area contributed by atoms with E-state index in [1.165, 1.54) is 0 Å². The third-order valence-electron chi connectivity index (χ3n) is 3.61. The SMILES string of the molecule is O=C(C(N=Nc1ccc(Cl)cc1)=C(O)c1ccccc1)c1ccccc1. The molecule has 3 aromatic rings. The Morgan fingerprint density at radius 3 is 1.88 bits per heavy atom. The number of aliphatic hydroxyl groups excluding tert-OH is 1. The van der Waals surface area contributed by atoms with Gasteiger partial charge in [0.1, 0.15) is 0 Å². The van der Waals surface area contributed by atoms with Crippen LogP contribution in [0.2, 0.25) is 5.02 Å². The minimum atomic E-state index is -0.412. The van der Waals surface area contributed by atoms with E-state index in [0.717, 1.165) is 0 Å². The topological polar surface area (TPSA) is 62.0 Å². The molecule has 0 aromatic heterocycles. The molecular weight excluding hydrogens is 348 g/mol. The highest BCUT2D eigenvalue weighted by Crippen LogP contribution is 2.23. The number of carbonyl (C=O) groups is 1. The third kappa shape index (κ3) is 4.23. The molecule has 128 valence electrons. The number of azo groups is 1. The molecule has 0 amide bonds. The van der Waals surface area contributed by atoms with Crippen molar-refractivity contribution < 1.29 is 9.90 Å². The van der Waals surface area contributed by atoms with Gasteiger partial charge in [-0.3, -0.25) is 4.79 Å². The predicted molar refractivity (Wildman–Crippen MR) is 103 cm³/mol. The van der Waals surface area contributed by atoms with Crippen molar-refractivity contribution in [2.45, 2.75) is 0 Å². The fourth-order valence-corrected chi connectivity index (χ4v) is 2.40. The fraction of sp³-hybridized carbons (Fsp3) is 0. The Kier molecular flexibility index (Phi) is 5.56. The van der Waals surface area contributed by atoms with Crippen molar-refractivity contribution in [3.05, 3.63) is 107 Å². The highest BCUT2D eigenvalue weighted by atomic mass is 35.5. The lowest BCUT2D eigenvalue weighted by Crippen LogP contribution is -2.04. The molecule has 4 nitrogen and oxygen atoms in total. The van der Waals surface area contributed by atoms with Crippen molar-refractivity contribution in [2.75, 3.05) is 0 Å². The Morgan fingerprint density at radius 1 is 0.769 bits per heavy atom. The summed E-state index contributed by atoms with van der Waals surface area (Å²) >= 11 is 5.86. The van der Waals surface area contributed by atoms with Crippen molar-refractivity contribution in [1.29, 1.82) is 0 Å². The molecule has 5 heteroatoms. The summed E-state index contributed by atoms with van der Waals surface area (Å²) in [5, 5.41) is 19.3. The smallest absolute Gasteiger partial charge is 0.217 e. The summed E-state index contributed by atoms with van der Waals surface area (Å²) in [7, 11) is 0. The van der Waals surface area contributed by atoms with Crippen molar-refractivity contribution in [2.24, 2.45) is 10.2 Å². The predicted octanol–water partition coefficient (Wildman–Crippen LogP) is 6.23. The maximum absolute atomic E-state index is 12.8. The molecule has 3 aromatic carbocycles. The van der Waals surface area contributed by atoms with Gasteiger partial charge in [0.2, 0.25) is 5.78 Å². The van der Waals surface area contributed by atoms with Crippen LogP contribution < -0.4 is 0 Å². The average Bonchev–Trinajstić information content (AvgIpc) is 2.70. The number of benzene rings is 3. The number of carbonyl (C=O) groups excluding carboxylic acids is 1. The maximum atomic E-state index is 12.8. The molecule has 0 fully saturated rings. The number of hydrogen-bond donors (Lipinski definition) is 1.